The van der Waals surface area contributed by atoms with Crippen LogP contribution in [-0.4, -0.2) is 24.0 Å². The molecular formula is C6H15O3P. The second-order valence-corrected chi connectivity index (χ2v) is 4.94. The van der Waals surface area contributed by atoms with Crippen LogP contribution in [0.5, 0.6) is 0 Å². The Morgan fingerprint density at radius 1 is 1.50 bits per heavy atom. The van der Waals surface area contributed by atoms with Crippen LogP contribution in [0, 0.1) is 0 Å². The normalized spacial score (nSPS) is 9.70. The summed E-state index contributed by atoms with van der Waals surface area (Å²) in [5, 5.41) is 0. The van der Waals surface area contributed by atoms with Gasteiger partial charge >= 0.3 is 0 Å². The van der Waals surface area contributed by atoms with Gasteiger partial charge < -0.3 is 9.69 Å². The van der Waals surface area contributed by atoms with E-state index in [-0.39, 0.29) is 5.78 Å². The number of hydrogen-bond acceptors (Lipinski definition) is 2. The van der Waals surface area contributed by atoms with Crippen molar-refractivity contribution in [2.75, 3.05) is 13.3 Å². The molecule has 0 atom stereocenters. The lowest BCUT2D eigenvalue weighted by molar-refractivity contribution is -0.116. The molecule has 0 aromatic carbocycles. The van der Waals surface area contributed by atoms with Gasteiger partial charge in [-0.05, 0) is 6.92 Å². The maximum absolute atomic E-state index is 9.81. The van der Waals surface area contributed by atoms with Gasteiger partial charge in [0.1, 0.15) is 5.78 Å². The molecule has 4 heteroatoms. The van der Waals surface area contributed by atoms with Crippen molar-refractivity contribution < 1.29 is 14.3 Å². The predicted octanol–water partition coefficient (Wildman–Crippen LogP) is 1.50. The van der Waals surface area contributed by atoms with Crippen LogP contribution in [0.1, 0.15) is 20.3 Å². The minimum atomic E-state index is -2.64. The van der Waals surface area contributed by atoms with Crippen LogP contribution in [0.2, 0.25) is 0 Å². The largest absolute Gasteiger partial charge is 0.345 e. The van der Waals surface area contributed by atoms with E-state index in [0.717, 1.165) is 0 Å². The zero-order chi connectivity index (χ0) is 8.78. The Kier molecular flexibility index (Phi) is 7.05. The minimum Gasteiger partial charge on any atom is -0.345 e. The maximum atomic E-state index is 9.81. The van der Waals surface area contributed by atoms with Gasteiger partial charge in [-0.1, -0.05) is 6.92 Å². The predicted molar refractivity (Wildman–Crippen MR) is 42.6 cm³/mol. The first-order valence-corrected chi connectivity index (χ1v) is 5.60. The smallest absolute Gasteiger partial charge is 0.194 e. The van der Waals surface area contributed by atoms with Gasteiger partial charge in [0, 0.05) is 19.8 Å². The Hall–Kier alpha value is -0.140. The van der Waals surface area contributed by atoms with Crippen molar-refractivity contribution in [3.8, 4) is 0 Å². The third-order valence-corrected chi connectivity index (χ3v) is 0.498. The van der Waals surface area contributed by atoms with Gasteiger partial charge in [-0.2, -0.15) is 0 Å². The molecule has 1 N–H and O–H groups in total. The first kappa shape index (κ1) is 12.5. The molecular weight excluding hydrogens is 151 g/mol. The molecule has 62 valence electrons. The Labute approximate surface area is 61.9 Å². The Bertz CT molecular complexity index is 128. The van der Waals surface area contributed by atoms with Gasteiger partial charge in [0.15, 0.2) is 7.37 Å². The molecule has 0 amide bonds. The molecule has 0 aliphatic carbocycles. The molecule has 0 aliphatic rings. The average Bonchev–Trinajstić information content (AvgIpc) is 1.61. The molecule has 0 bridgehead atoms. The minimum absolute atomic E-state index is 0.255. The molecule has 0 saturated carbocycles. The van der Waals surface area contributed by atoms with Gasteiger partial charge in [0.2, 0.25) is 0 Å². The van der Waals surface area contributed by atoms with Crippen molar-refractivity contribution in [2.45, 2.75) is 20.3 Å². The van der Waals surface area contributed by atoms with Crippen LogP contribution in [0.25, 0.3) is 0 Å². The molecule has 0 heterocycles. The van der Waals surface area contributed by atoms with E-state index < -0.39 is 7.37 Å². The Morgan fingerprint density at radius 2 is 1.60 bits per heavy atom. The fourth-order valence-electron chi connectivity index (χ4n) is 0. The zero-order valence-corrected chi connectivity index (χ0v) is 7.81. The molecule has 0 spiro atoms. The number of Topliss-reactive ketones (excluding diaryl/α,β-unsaturated/α-hetero) is 1. The highest BCUT2D eigenvalue weighted by Crippen LogP contribution is 2.27. The topological polar surface area (TPSA) is 54.4 Å². The van der Waals surface area contributed by atoms with Crippen LogP contribution in [-0.2, 0) is 9.36 Å². The summed E-state index contributed by atoms with van der Waals surface area (Å²) in [6.45, 7) is 6.03. The quantitative estimate of drug-likeness (QED) is 0.600. The van der Waals surface area contributed by atoms with E-state index >= 15 is 0 Å². The third kappa shape index (κ3) is 107. The summed E-state index contributed by atoms with van der Waals surface area (Å²) < 4.78 is 9.77. The second-order valence-electron chi connectivity index (χ2n) is 2.35. The summed E-state index contributed by atoms with van der Waals surface area (Å²) >= 11 is 0. The van der Waals surface area contributed by atoms with Crippen molar-refractivity contribution in [1.82, 2.24) is 0 Å². The van der Waals surface area contributed by atoms with E-state index in [0.29, 0.717) is 6.42 Å². The monoisotopic (exact) mass is 166 g/mol. The lowest BCUT2D eigenvalue weighted by atomic mass is 10.4. The number of carbonyl (C=O) groups is 1. The number of carbonyl (C=O) groups excluding carboxylic acids is 1. The van der Waals surface area contributed by atoms with Gasteiger partial charge in [-0.3, -0.25) is 4.57 Å². The highest BCUT2D eigenvalue weighted by atomic mass is 31.2. The van der Waals surface area contributed by atoms with Crippen LogP contribution in [0.4, 0.5) is 0 Å². The van der Waals surface area contributed by atoms with Gasteiger partial charge in [0.05, 0.1) is 0 Å². The SMILES string of the molecule is CCC(C)=O.CP(C)(=O)O. The lowest BCUT2D eigenvalue weighted by Gasteiger charge is -1.86. The molecule has 3 nitrogen and oxygen atoms in total. The number of rotatable bonds is 1. The first-order valence-electron chi connectivity index (χ1n) is 3.04. The molecule has 10 heavy (non-hydrogen) atoms. The molecule has 0 aromatic heterocycles. The fourth-order valence-corrected chi connectivity index (χ4v) is 0. The van der Waals surface area contributed by atoms with E-state index in [1.807, 2.05) is 6.92 Å². The van der Waals surface area contributed by atoms with Crippen molar-refractivity contribution in [2.24, 2.45) is 0 Å². The molecule has 0 radical (unpaired) electrons. The molecule has 0 aliphatic heterocycles. The summed E-state index contributed by atoms with van der Waals surface area (Å²) in [5.41, 5.74) is 0. The standard InChI is InChI=1S/C4H8O.C2H7O2P/c1-3-4(2)5;1-5(2,3)4/h3H2,1-2H3;1-2H3,(H,3,4). The summed E-state index contributed by atoms with van der Waals surface area (Å²) in [7, 11) is -2.64. The van der Waals surface area contributed by atoms with E-state index in [4.69, 9.17) is 4.89 Å². The van der Waals surface area contributed by atoms with Crippen molar-refractivity contribution in [3.05, 3.63) is 0 Å². The number of hydrogen-bond donors (Lipinski definition) is 1. The second kappa shape index (κ2) is 5.63. The van der Waals surface area contributed by atoms with E-state index in [9.17, 15) is 9.36 Å². The van der Waals surface area contributed by atoms with Gasteiger partial charge in [0.25, 0.3) is 0 Å². The fraction of sp³-hybridized carbons (Fsp3) is 0.833. The van der Waals surface area contributed by atoms with Crippen molar-refractivity contribution in [3.63, 3.8) is 0 Å². The van der Waals surface area contributed by atoms with Crippen LogP contribution >= 0.6 is 7.37 Å². The Balaban J connectivity index is 0. The van der Waals surface area contributed by atoms with Crippen LogP contribution < -0.4 is 0 Å². The lowest BCUT2D eigenvalue weighted by Crippen LogP contribution is -1.80. The molecule has 0 unspecified atom stereocenters. The summed E-state index contributed by atoms with van der Waals surface area (Å²) in [4.78, 5) is 17.9. The summed E-state index contributed by atoms with van der Waals surface area (Å²) in [5.74, 6) is 0.255. The zero-order valence-electron chi connectivity index (χ0n) is 6.92. The highest BCUT2D eigenvalue weighted by Gasteiger charge is 1.92. The molecule has 0 rings (SSSR count). The van der Waals surface area contributed by atoms with E-state index in [1.165, 1.54) is 13.3 Å². The van der Waals surface area contributed by atoms with E-state index in [2.05, 4.69) is 0 Å². The summed E-state index contributed by atoms with van der Waals surface area (Å²) in [6, 6.07) is 0. The first-order chi connectivity index (χ1) is 4.27. The third-order valence-electron chi connectivity index (χ3n) is 0.498. The molecule has 0 fully saturated rings. The van der Waals surface area contributed by atoms with Crippen molar-refractivity contribution >= 4 is 13.2 Å². The van der Waals surface area contributed by atoms with Crippen LogP contribution in [0.15, 0.2) is 0 Å². The van der Waals surface area contributed by atoms with Crippen LogP contribution in [0.3, 0.4) is 0 Å². The molecule has 0 saturated heterocycles. The maximum Gasteiger partial charge on any atom is 0.194 e. The molecule has 0 aromatic rings. The van der Waals surface area contributed by atoms with Gasteiger partial charge in [-0.15, -0.1) is 0 Å². The average molecular weight is 166 g/mol. The highest BCUT2D eigenvalue weighted by molar-refractivity contribution is 7.56. The number of ketones is 1. The summed E-state index contributed by atoms with van der Waals surface area (Å²) in [6.07, 6.45) is 0.667. The van der Waals surface area contributed by atoms with Gasteiger partial charge in [-0.25, -0.2) is 0 Å². The Morgan fingerprint density at radius 3 is 1.60 bits per heavy atom. The van der Waals surface area contributed by atoms with Crippen molar-refractivity contribution in [1.29, 1.82) is 0 Å². The van der Waals surface area contributed by atoms with E-state index in [1.54, 1.807) is 6.92 Å².